The Morgan fingerprint density at radius 1 is 1.09 bits per heavy atom. The van der Waals surface area contributed by atoms with E-state index in [2.05, 4.69) is 10.6 Å². The molecule has 6 nitrogen and oxygen atoms in total. The van der Waals surface area contributed by atoms with E-state index in [-0.39, 0.29) is 0 Å². The summed E-state index contributed by atoms with van der Waals surface area (Å²) in [5, 5.41) is 5.28. The van der Waals surface area contributed by atoms with E-state index in [0.29, 0.717) is 29.6 Å². The first-order valence-electron chi connectivity index (χ1n) is 7.95. The monoisotopic (exact) mass is 320 g/mol. The van der Waals surface area contributed by atoms with Crippen molar-refractivity contribution in [2.45, 2.75) is 32.1 Å². The molecule has 1 aromatic carbocycles. The minimum Gasteiger partial charge on any atom is -0.497 e. The first-order chi connectivity index (χ1) is 11.1. The lowest BCUT2D eigenvalue weighted by Crippen LogP contribution is -2.38. The molecule has 0 saturated heterocycles. The van der Waals surface area contributed by atoms with Crippen molar-refractivity contribution < 1.29 is 19.1 Å². The van der Waals surface area contributed by atoms with Gasteiger partial charge < -0.3 is 20.1 Å². The average Bonchev–Trinajstić information content (AvgIpc) is 2.60. The Bertz CT molecular complexity index is 554. The van der Waals surface area contributed by atoms with Crippen LogP contribution in [0.5, 0.6) is 11.5 Å². The second-order valence-electron chi connectivity index (χ2n) is 5.73. The molecular formula is C17H24N2O4. The van der Waals surface area contributed by atoms with E-state index >= 15 is 0 Å². The molecule has 0 atom stereocenters. The number of rotatable bonds is 5. The molecule has 2 N–H and O–H groups in total. The summed E-state index contributed by atoms with van der Waals surface area (Å²) in [5.41, 5.74) is 0.407. The van der Waals surface area contributed by atoms with Crippen LogP contribution in [-0.4, -0.2) is 32.6 Å². The van der Waals surface area contributed by atoms with E-state index in [1.54, 1.807) is 18.2 Å². The molecule has 0 aromatic heterocycles. The highest BCUT2D eigenvalue weighted by Crippen LogP contribution is 2.28. The number of carbonyl (C=O) groups excluding carboxylic acids is 2. The predicted octanol–water partition coefficient (Wildman–Crippen LogP) is 2.34. The predicted molar refractivity (Wildman–Crippen MR) is 87.8 cm³/mol. The van der Waals surface area contributed by atoms with Gasteiger partial charge in [0.25, 0.3) is 0 Å². The van der Waals surface area contributed by atoms with Crippen molar-refractivity contribution >= 4 is 17.5 Å². The Morgan fingerprint density at radius 3 is 2.48 bits per heavy atom. The van der Waals surface area contributed by atoms with E-state index in [1.807, 2.05) is 0 Å². The number of hydrogen-bond acceptors (Lipinski definition) is 4. The molecule has 23 heavy (non-hydrogen) atoms. The van der Waals surface area contributed by atoms with Gasteiger partial charge in [-0.2, -0.15) is 0 Å². The van der Waals surface area contributed by atoms with Gasteiger partial charge in [0.05, 0.1) is 19.9 Å². The number of methoxy groups -OCH3 is 2. The molecule has 0 aliphatic heterocycles. The molecule has 1 fully saturated rings. The van der Waals surface area contributed by atoms with Crippen LogP contribution in [-0.2, 0) is 9.59 Å². The molecule has 0 radical (unpaired) electrons. The minimum atomic E-state index is -0.702. The van der Waals surface area contributed by atoms with Gasteiger partial charge in [0.15, 0.2) is 0 Å². The number of hydrogen-bond donors (Lipinski definition) is 2. The average molecular weight is 320 g/mol. The van der Waals surface area contributed by atoms with E-state index in [0.717, 1.165) is 12.8 Å². The lowest BCUT2D eigenvalue weighted by Gasteiger charge is -2.21. The second-order valence-corrected chi connectivity index (χ2v) is 5.73. The van der Waals surface area contributed by atoms with Crippen molar-refractivity contribution in [3.63, 3.8) is 0 Å². The molecule has 1 saturated carbocycles. The van der Waals surface area contributed by atoms with E-state index in [1.165, 1.54) is 33.5 Å². The van der Waals surface area contributed by atoms with Gasteiger partial charge in [-0.15, -0.1) is 0 Å². The molecule has 0 unspecified atom stereocenters. The second kappa shape index (κ2) is 8.41. The van der Waals surface area contributed by atoms with Gasteiger partial charge in [0.1, 0.15) is 11.5 Å². The van der Waals surface area contributed by atoms with Crippen LogP contribution in [0.15, 0.2) is 18.2 Å². The van der Waals surface area contributed by atoms with Crippen molar-refractivity contribution in [2.75, 3.05) is 26.1 Å². The zero-order valence-electron chi connectivity index (χ0n) is 13.7. The lowest BCUT2D eigenvalue weighted by molar-refractivity contribution is -0.136. The van der Waals surface area contributed by atoms with Crippen molar-refractivity contribution in [1.82, 2.24) is 5.32 Å². The number of ether oxygens (including phenoxy) is 2. The van der Waals surface area contributed by atoms with Gasteiger partial charge >= 0.3 is 11.8 Å². The highest BCUT2D eigenvalue weighted by Gasteiger charge is 2.19. The van der Waals surface area contributed by atoms with Gasteiger partial charge in [-0.3, -0.25) is 9.59 Å². The largest absolute Gasteiger partial charge is 0.497 e. The third-order valence-corrected chi connectivity index (χ3v) is 4.14. The lowest BCUT2D eigenvalue weighted by atomic mass is 9.89. The molecule has 6 heteroatoms. The standard InChI is InChI=1S/C17H24N2O4/c1-22-13-8-9-15(23-2)14(10-13)19-17(21)16(20)18-11-12-6-4-3-5-7-12/h8-10,12H,3-7,11H2,1-2H3,(H,18,20)(H,19,21). The molecular weight excluding hydrogens is 296 g/mol. The number of anilines is 1. The fourth-order valence-electron chi connectivity index (χ4n) is 2.80. The SMILES string of the molecule is COc1ccc(OC)c(NC(=O)C(=O)NCC2CCCCC2)c1. The number of benzene rings is 1. The van der Waals surface area contributed by atoms with E-state index in [9.17, 15) is 9.59 Å². The summed E-state index contributed by atoms with van der Waals surface area (Å²) in [4.78, 5) is 24.0. The first kappa shape index (κ1) is 17.1. The Hall–Kier alpha value is -2.24. The van der Waals surface area contributed by atoms with Gasteiger partial charge in [0, 0.05) is 12.6 Å². The maximum absolute atomic E-state index is 12.0. The third-order valence-electron chi connectivity index (χ3n) is 4.14. The molecule has 0 heterocycles. The quantitative estimate of drug-likeness (QED) is 0.817. The summed E-state index contributed by atoms with van der Waals surface area (Å²) < 4.78 is 10.3. The Kier molecular flexibility index (Phi) is 6.26. The van der Waals surface area contributed by atoms with Gasteiger partial charge in [-0.25, -0.2) is 0 Å². The zero-order chi connectivity index (χ0) is 16.7. The summed E-state index contributed by atoms with van der Waals surface area (Å²) in [6.07, 6.45) is 5.90. The van der Waals surface area contributed by atoms with Crippen molar-refractivity contribution in [2.24, 2.45) is 5.92 Å². The van der Waals surface area contributed by atoms with Crippen molar-refractivity contribution in [1.29, 1.82) is 0 Å². The summed E-state index contributed by atoms with van der Waals surface area (Å²) in [7, 11) is 3.03. The van der Waals surface area contributed by atoms with Gasteiger partial charge in [-0.05, 0) is 30.9 Å². The maximum atomic E-state index is 12.0. The molecule has 126 valence electrons. The fourth-order valence-corrected chi connectivity index (χ4v) is 2.80. The van der Waals surface area contributed by atoms with Gasteiger partial charge in [-0.1, -0.05) is 19.3 Å². The summed E-state index contributed by atoms with van der Waals surface area (Å²) in [6, 6.07) is 5.01. The molecule has 0 bridgehead atoms. The van der Waals surface area contributed by atoms with Crippen LogP contribution < -0.4 is 20.1 Å². The number of nitrogens with one attached hydrogen (secondary N) is 2. The van der Waals surface area contributed by atoms with Crippen LogP contribution in [0.1, 0.15) is 32.1 Å². The Morgan fingerprint density at radius 2 is 1.83 bits per heavy atom. The molecule has 1 aromatic rings. The van der Waals surface area contributed by atoms with Crippen LogP contribution in [0.4, 0.5) is 5.69 Å². The van der Waals surface area contributed by atoms with E-state index in [4.69, 9.17) is 9.47 Å². The Labute approximate surface area is 136 Å². The molecule has 2 rings (SSSR count). The summed E-state index contributed by atoms with van der Waals surface area (Å²) in [6.45, 7) is 0.557. The maximum Gasteiger partial charge on any atom is 0.313 e. The molecule has 0 spiro atoms. The van der Waals surface area contributed by atoms with Crippen LogP contribution in [0.25, 0.3) is 0 Å². The highest BCUT2D eigenvalue weighted by atomic mass is 16.5. The topological polar surface area (TPSA) is 76.7 Å². The van der Waals surface area contributed by atoms with Crippen LogP contribution in [0, 0.1) is 5.92 Å². The zero-order valence-corrected chi connectivity index (χ0v) is 13.7. The van der Waals surface area contributed by atoms with Crippen LogP contribution in [0.3, 0.4) is 0 Å². The molecule has 1 aliphatic carbocycles. The smallest absolute Gasteiger partial charge is 0.313 e. The van der Waals surface area contributed by atoms with E-state index < -0.39 is 11.8 Å². The summed E-state index contributed by atoms with van der Waals surface area (Å²) in [5.74, 6) is 0.197. The number of carbonyl (C=O) groups is 2. The number of amides is 2. The minimum absolute atomic E-state index is 0.407. The Balaban J connectivity index is 1.91. The van der Waals surface area contributed by atoms with Crippen molar-refractivity contribution in [3.8, 4) is 11.5 Å². The van der Waals surface area contributed by atoms with Crippen LogP contribution in [0.2, 0.25) is 0 Å². The first-order valence-corrected chi connectivity index (χ1v) is 7.95. The van der Waals surface area contributed by atoms with Gasteiger partial charge in [0.2, 0.25) is 0 Å². The van der Waals surface area contributed by atoms with Crippen LogP contribution >= 0.6 is 0 Å². The molecule has 2 amide bonds. The molecule has 1 aliphatic rings. The highest BCUT2D eigenvalue weighted by molar-refractivity contribution is 6.39. The fraction of sp³-hybridized carbons (Fsp3) is 0.529. The third kappa shape index (κ3) is 4.87. The normalized spacial score (nSPS) is 14.9. The van der Waals surface area contributed by atoms with Crippen molar-refractivity contribution in [3.05, 3.63) is 18.2 Å². The summed E-state index contributed by atoms with van der Waals surface area (Å²) >= 11 is 0.